The molecule has 1 heterocycles. The Hall–Kier alpha value is -5.06. The molecule has 4 amide bonds. The number of nitrogens with two attached hydrogens (primary N) is 1. The van der Waals surface area contributed by atoms with Crippen molar-refractivity contribution < 1.29 is 33.4 Å². The van der Waals surface area contributed by atoms with Crippen molar-refractivity contribution in [2.24, 2.45) is 5.73 Å². The molecule has 0 spiro atoms. The van der Waals surface area contributed by atoms with E-state index in [1.165, 1.54) is 51.7 Å². The Morgan fingerprint density at radius 1 is 0.750 bits per heavy atom. The summed E-state index contributed by atoms with van der Waals surface area (Å²) in [6.07, 6.45) is 2.32. The Labute approximate surface area is 231 Å². The van der Waals surface area contributed by atoms with Crippen molar-refractivity contribution in [2.75, 3.05) is 43.4 Å². The molecule has 0 saturated carbocycles. The first-order valence-corrected chi connectivity index (χ1v) is 12.5. The molecule has 11 heteroatoms. The van der Waals surface area contributed by atoms with Crippen LogP contribution in [0.2, 0.25) is 0 Å². The molecule has 4 rings (SSSR count). The third kappa shape index (κ3) is 5.98. The van der Waals surface area contributed by atoms with Gasteiger partial charge in [0.1, 0.15) is 0 Å². The van der Waals surface area contributed by atoms with E-state index in [1.807, 2.05) is 0 Å². The number of nitrogens with one attached hydrogen (secondary N) is 2. The zero-order chi connectivity index (χ0) is 28.8. The first-order chi connectivity index (χ1) is 19.2. The summed E-state index contributed by atoms with van der Waals surface area (Å²) in [5.74, 6) is -0.781. The zero-order valence-corrected chi connectivity index (χ0v) is 22.4. The minimum Gasteiger partial charge on any atom is -0.493 e. The van der Waals surface area contributed by atoms with E-state index in [2.05, 4.69) is 10.6 Å². The smallest absolute Gasteiger partial charge is 0.255 e. The van der Waals surface area contributed by atoms with Crippen molar-refractivity contribution in [1.82, 2.24) is 0 Å². The monoisotopic (exact) mass is 546 g/mol. The van der Waals surface area contributed by atoms with Crippen LogP contribution in [0.4, 0.5) is 17.1 Å². The average molecular weight is 547 g/mol. The van der Waals surface area contributed by atoms with Gasteiger partial charge in [0.2, 0.25) is 17.6 Å². The lowest BCUT2D eigenvalue weighted by Crippen LogP contribution is -2.35. The minimum absolute atomic E-state index is 0.0606. The van der Waals surface area contributed by atoms with E-state index in [1.54, 1.807) is 29.2 Å². The molecule has 1 fully saturated rings. The molecule has 0 aliphatic carbocycles. The molecule has 0 radical (unpaired) electrons. The number of nitrogens with zero attached hydrogens (tertiary/aromatic N) is 1. The molecule has 0 aromatic heterocycles. The highest BCUT2D eigenvalue weighted by molar-refractivity contribution is 6.11. The molecule has 40 heavy (non-hydrogen) atoms. The van der Waals surface area contributed by atoms with Crippen molar-refractivity contribution >= 4 is 40.7 Å². The van der Waals surface area contributed by atoms with E-state index in [4.69, 9.17) is 19.9 Å². The molecule has 4 N–H and O–H groups in total. The highest BCUT2D eigenvalue weighted by Crippen LogP contribution is 2.38. The van der Waals surface area contributed by atoms with Gasteiger partial charge in [0.05, 0.1) is 32.7 Å². The lowest BCUT2D eigenvalue weighted by molar-refractivity contribution is -0.119. The van der Waals surface area contributed by atoms with Crippen LogP contribution in [0.5, 0.6) is 17.2 Å². The van der Waals surface area contributed by atoms with Crippen LogP contribution < -0.4 is 35.5 Å². The van der Waals surface area contributed by atoms with E-state index >= 15 is 0 Å². The lowest BCUT2D eigenvalue weighted by Gasteiger charge is -2.26. The number of primary amides is 1. The summed E-state index contributed by atoms with van der Waals surface area (Å²) in [4.78, 5) is 52.1. The maximum atomic E-state index is 13.2. The number of carbonyl (C=O) groups is 4. The first kappa shape index (κ1) is 28.0. The number of hydrogen-bond acceptors (Lipinski definition) is 7. The summed E-state index contributed by atoms with van der Waals surface area (Å²) in [5, 5.41) is 5.48. The van der Waals surface area contributed by atoms with E-state index in [0.29, 0.717) is 24.3 Å². The molecule has 1 aliphatic heterocycles. The van der Waals surface area contributed by atoms with Crippen LogP contribution in [0.3, 0.4) is 0 Å². The third-order valence-electron chi connectivity index (χ3n) is 6.49. The zero-order valence-electron chi connectivity index (χ0n) is 22.4. The molecule has 0 atom stereocenters. The number of rotatable bonds is 9. The van der Waals surface area contributed by atoms with Gasteiger partial charge in [-0.2, -0.15) is 0 Å². The Bertz CT molecular complexity index is 1430. The number of piperidine rings is 1. The quantitative estimate of drug-likeness (QED) is 0.369. The topological polar surface area (TPSA) is 149 Å². The third-order valence-corrected chi connectivity index (χ3v) is 6.49. The van der Waals surface area contributed by atoms with Crippen molar-refractivity contribution in [1.29, 1.82) is 0 Å². The highest BCUT2D eigenvalue weighted by Gasteiger charge is 2.21. The van der Waals surface area contributed by atoms with Crippen LogP contribution in [0.15, 0.2) is 54.6 Å². The van der Waals surface area contributed by atoms with E-state index in [-0.39, 0.29) is 39.9 Å². The van der Waals surface area contributed by atoms with Crippen LogP contribution in [0, 0.1) is 0 Å². The Kier molecular flexibility index (Phi) is 8.53. The first-order valence-electron chi connectivity index (χ1n) is 12.5. The second-order valence-corrected chi connectivity index (χ2v) is 9.00. The molecule has 1 saturated heterocycles. The number of amides is 4. The second kappa shape index (κ2) is 12.2. The number of hydrogen-bond donors (Lipinski definition) is 3. The standard InChI is InChI=1S/C29H30N4O7/c1-38-23-15-19(16-24(39-2)26(23)40-3)29(37)32-22-14-18(27(30)35)9-12-21(22)31-28(36)17-7-10-20(11-8-17)33-13-5-4-6-25(33)34/h7-12,14-16H,4-6,13H2,1-3H3,(H2,30,35)(H,31,36)(H,32,37). The molecule has 0 bridgehead atoms. The fourth-order valence-corrected chi connectivity index (χ4v) is 4.38. The van der Waals surface area contributed by atoms with Crippen LogP contribution in [0.1, 0.15) is 50.3 Å². The van der Waals surface area contributed by atoms with Gasteiger partial charge in [-0.3, -0.25) is 19.2 Å². The number of methoxy groups -OCH3 is 3. The number of benzene rings is 3. The predicted molar refractivity (Wildman–Crippen MR) is 150 cm³/mol. The second-order valence-electron chi connectivity index (χ2n) is 9.00. The van der Waals surface area contributed by atoms with Crippen LogP contribution in [-0.2, 0) is 4.79 Å². The van der Waals surface area contributed by atoms with Crippen LogP contribution >= 0.6 is 0 Å². The summed E-state index contributed by atoms with van der Waals surface area (Å²) < 4.78 is 16.0. The molecule has 0 unspecified atom stereocenters. The van der Waals surface area contributed by atoms with Gasteiger partial charge >= 0.3 is 0 Å². The largest absolute Gasteiger partial charge is 0.493 e. The van der Waals surface area contributed by atoms with Crippen LogP contribution in [-0.4, -0.2) is 51.5 Å². The average Bonchev–Trinajstić information content (AvgIpc) is 2.97. The van der Waals surface area contributed by atoms with E-state index in [0.717, 1.165) is 18.5 Å². The number of anilines is 3. The minimum atomic E-state index is -0.705. The fourth-order valence-electron chi connectivity index (χ4n) is 4.38. The summed E-state index contributed by atoms with van der Waals surface area (Å²) in [7, 11) is 4.31. The summed E-state index contributed by atoms with van der Waals surface area (Å²) >= 11 is 0. The molecule has 11 nitrogen and oxygen atoms in total. The van der Waals surface area contributed by atoms with Crippen LogP contribution in [0.25, 0.3) is 0 Å². The predicted octanol–water partition coefficient (Wildman–Crippen LogP) is 3.83. The van der Waals surface area contributed by atoms with Gasteiger partial charge in [-0.1, -0.05) is 0 Å². The maximum absolute atomic E-state index is 13.2. The summed E-state index contributed by atoms with van der Waals surface area (Å²) in [6, 6.07) is 13.9. The SMILES string of the molecule is COc1cc(C(=O)Nc2cc(C(N)=O)ccc2NC(=O)c2ccc(N3CCCCC3=O)cc2)cc(OC)c1OC. The Balaban J connectivity index is 1.59. The van der Waals surface area contributed by atoms with Gasteiger partial charge in [-0.05, 0) is 67.4 Å². The number of ether oxygens (including phenoxy) is 3. The van der Waals surface area contributed by atoms with Crippen molar-refractivity contribution in [3.8, 4) is 17.2 Å². The molecular formula is C29H30N4O7. The van der Waals surface area contributed by atoms with Crippen molar-refractivity contribution in [3.05, 3.63) is 71.3 Å². The van der Waals surface area contributed by atoms with Gasteiger partial charge in [0.15, 0.2) is 11.5 Å². The van der Waals surface area contributed by atoms with Gasteiger partial charge in [0, 0.05) is 35.3 Å². The summed E-state index contributed by atoms with van der Waals surface area (Å²) in [6.45, 7) is 0.644. The molecule has 208 valence electrons. The van der Waals surface area contributed by atoms with Gasteiger partial charge in [-0.15, -0.1) is 0 Å². The van der Waals surface area contributed by atoms with E-state index < -0.39 is 17.7 Å². The molecule has 3 aromatic rings. The van der Waals surface area contributed by atoms with Crippen molar-refractivity contribution in [3.63, 3.8) is 0 Å². The highest BCUT2D eigenvalue weighted by atomic mass is 16.5. The summed E-state index contributed by atoms with van der Waals surface area (Å²) in [5.41, 5.74) is 7.22. The normalized spacial score (nSPS) is 12.9. The van der Waals surface area contributed by atoms with Gasteiger partial charge in [-0.25, -0.2) is 0 Å². The Morgan fingerprint density at radius 2 is 1.35 bits per heavy atom. The lowest BCUT2D eigenvalue weighted by atomic mass is 10.1. The Morgan fingerprint density at radius 3 is 1.93 bits per heavy atom. The van der Waals surface area contributed by atoms with Gasteiger partial charge < -0.3 is 35.5 Å². The maximum Gasteiger partial charge on any atom is 0.255 e. The number of carbonyl (C=O) groups excluding carboxylic acids is 4. The van der Waals surface area contributed by atoms with Crippen molar-refractivity contribution in [2.45, 2.75) is 19.3 Å². The van der Waals surface area contributed by atoms with Gasteiger partial charge in [0.25, 0.3) is 11.8 Å². The molecular weight excluding hydrogens is 516 g/mol. The fraction of sp³-hybridized carbons (Fsp3) is 0.241. The van der Waals surface area contributed by atoms with E-state index in [9.17, 15) is 19.2 Å². The molecule has 3 aromatic carbocycles. The molecule has 1 aliphatic rings.